The van der Waals surface area contributed by atoms with E-state index in [1.165, 1.54) is 18.9 Å². The highest BCUT2D eigenvalue weighted by Gasteiger charge is 2.51. The van der Waals surface area contributed by atoms with Gasteiger partial charge in [0.25, 0.3) is 5.91 Å². The average molecular weight is 604 g/mol. The normalized spacial score (nSPS) is 33.8. The molecule has 2 fully saturated rings. The summed E-state index contributed by atoms with van der Waals surface area (Å²) in [6, 6.07) is 5.95. The number of hydrogen-bond acceptors (Lipinski definition) is 13. The highest BCUT2D eigenvalue weighted by atomic mass is 32.2. The standard InChI is InChI=1S/C26H41N3O11S/c1-12(2)23(35)29-25-20(34)18(32)19(33)22(40-25)24(36)28-16-21(38-10-4-9-27)17(31)15(11-30)39-26(16)41-14-7-5-13(37-3)6-8-14/h5-8,12,15-22,25-26,30-34H,4,9-11,27H2,1-3H3,(H,28,36)(H,29,35)/t15?,16?,17-,18-,19+,20?,21+,22?,25+,26-/m0/s1. The van der Waals surface area contributed by atoms with Gasteiger partial charge in [-0.25, -0.2) is 0 Å². The molecule has 15 heteroatoms. The van der Waals surface area contributed by atoms with Crippen LogP contribution in [0.1, 0.15) is 20.3 Å². The molecule has 1 aromatic rings. The molecule has 4 unspecified atom stereocenters. The van der Waals surface area contributed by atoms with Crippen molar-refractivity contribution in [1.82, 2.24) is 10.6 Å². The predicted molar refractivity (Wildman–Crippen MR) is 146 cm³/mol. The summed E-state index contributed by atoms with van der Waals surface area (Å²) in [4.78, 5) is 26.4. The fourth-order valence-corrected chi connectivity index (χ4v) is 5.51. The second-order valence-corrected chi connectivity index (χ2v) is 11.3. The summed E-state index contributed by atoms with van der Waals surface area (Å²) in [6.07, 6.45) is -11.6. The number of hydrogen-bond donors (Lipinski definition) is 8. The van der Waals surface area contributed by atoms with E-state index in [1.807, 2.05) is 0 Å². The molecule has 0 radical (unpaired) electrons. The number of carbonyl (C=O) groups excluding carboxylic acids is 2. The van der Waals surface area contributed by atoms with E-state index in [0.29, 0.717) is 23.6 Å². The van der Waals surface area contributed by atoms with Gasteiger partial charge in [-0.15, -0.1) is 0 Å². The zero-order chi connectivity index (χ0) is 30.3. The van der Waals surface area contributed by atoms with E-state index in [0.717, 1.165) is 0 Å². The molecule has 14 nitrogen and oxygen atoms in total. The van der Waals surface area contributed by atoms with Crippen LogP contribution in [-0.2, 0) is 23.8 Å². The van der Waals surface area contributed by atoms with Crippen LogP contribution in [0.15, 0.2) is 29.2 Å². The third kappa shape index (κ3) is 8.28. The number of carbonyl (C=O) groups is 2. The van der Waals surface area contributed by atoms with Crippen LogP contribution in [0, 0.1) is 5.92 Å². The van der Waals surface area contributed by atoms with Gasteiger partial charge in [-0.1, -0.05) is 25.6 Å². The van der Waals surface area contributed by atoms with Gasteiger partial charge in [-0.05, 0) is 37.2 Å². The maximum Gasteiger partial charge on any atom is 0.252 e. The lowest BCUT2D eigenvalue weighted by Crippen LogP contribution is -2.69. The fraction of sp³-hybridized carbons (Fsp3) is 0.692. The zero-order valence-electron chi connectivity index (χ0n) is 23.2. The van der Waals surface area contributed by atoms with Crippen LogP contribution in [-0.4, -0.2) is 125 Å². The van der Waals surface area contributed by atoms with E-state index in [9.17, 15) is 35.1 Å². The molecule has 0 spiro atoms. The molecule has 2 amide bonds. The summed E-state index contributed by atoms with van der Waals surface area (Å²) in [6.45, 7) is 3.15. The molecule has 10 atom stereocenters. The number of benzene rings is 1. The van der Waals surface area contributed by atoms with Crippen LogP contribution < -0.4 is 21.1 Å². The van der Waals surface area contributed by atoms with Crippen LogP contribution >= 0.6 is 11.8 Å². The van der Waals surface area contributed by atoms with E-state index in [1.54, 1.807) is 38.1 Å². The van der Waals surface area contributed by atoms with E-state index in [2.05, 4.69) is 10.6 Å². The van der Waals surface area contributed by atoms with Crippen molar-refractivity contribution in [3.63, 3.8) is 0 Å². The number of amides is 2. The molecule has 2 aliphatic rings. The van der Waals surface area contributed by atoms with E-state index >= 15 is 0 Å². The highest BCUT2D eigenvalue weighted by Crippen LogP contribution is 2.35. The first-order valence-electron chi connectivity index (χ1n) is 13.4. The molecule has 2 heterocycles. The molecular formula is C26H41N3O11S. The van der Waals surface area contributed by atoms with E-state index in [-0.39, 0.29) is 6.61 Å². The van der Waals surface area contributed by atoms with Crippen molar-refractivity contribution < 1.29 is 54.1 Å². The first kappa shape index (κ1) is 33.5. The molecule has 2 saturated heterocycles. The number of rotatable bonds is 12. The first-order chi connectivity index (χ1) is 19.5. The van der Waals surface area contributed by atoms with Gasteiger partial charge in [0, 0.05) is 17.4 Å². The van der Waals surface area contributed by atoms with Crippen LogP contribution in [0.5, 0.6) is 5.75 Å². The Balaban J connectivity index is 1.88. The molecule has 0 saturated carbocycles. The summed E-state index contributed by atoms with van der Waals surface area (Å²) in [5.41, 5.74) is 4.69. The number of nitrogens with two attached hydrogens (primary N) is 1. The van der Waals surface area contributed by atoms with Crippen molar-refractivity contribution in [2.75, 3.05) is 26.9 Å². The Morgan fingerprint density at radius 3 is 2.29 bits per heavy atom. The molecule has 3 rings (SSSR count). The van der Waals surface area contributed by atoms with Gasteiger partial charge in [0.2, 0.25) is 5.91 Å². The largest absolute Gasteiger partial charge is 0.497 e. The van der Waals surface area contributed by atoms with Crippen LogP contribution in [0.2, 0.25) is 0 Å². The summed E-state index contributed by atoms with van der Waals surface area (Å²) < 4.78 is 22.7. The van der Waals surface area contributed by atoms with Gasteiger partial charge in [-0.2, -0.15) is 0 Å². The van der Waals surface area contributed by atoms with Crippen LogP contribution in [0.25, 0.3) is 0 Å². The Morgan fingerprint density at radius 1 is 1.02 bits per heavy atom. The van der Waals surface area contributed by atoms with Crippen molar-refractivity contribution in [2.24, 2.45) is 11.7 Å². The second-order valence-electron chi connectivity index (χ2n) is 10.1. The second kappa shape index (κ2) is 15.4. The fourth-order valence-electron chi connectivity index (χ4n) is 4.38. The highest BCUT2D eigenvalue weighted by molar-refractivity contribution is 7.99. The molecule has 2 aliphatic heterocycles. The maximum absolute atomic E-state index is 13.5. The molecular weight excluding hydrogens is 562 g/mol. The van der Waals surface area contributed by atoms with Crippen molar-refractivity contribution in [1.29, 1.82) is 0 Å². The van der Waals surface area contributed by atoms with Crippen molar-refractivity contribution >= 4 is 23.6 Å². The minimum absolute atomic E-state index is 0.138. The Labute approximate surface area is 242 Å². The lowest BCUT2D eigenvalue weighted by atomic mass is 9.95. The number of aliphatic hydroxyl groups excluding tert-OH is 5. The average Bonchev–Trinajstić information content (AvgIpc) is 2.96. The molecule has 41 heavy (non-hydrogen) atoms. The first-order valence-corrected chi connectivity index (χ1v) is 14.3. The molecule has 0 bridgehead atoms. The Hall–Kier alpha value is -2.05. The maximum atomic E-state index is 13.5. The molecule has 232 valence electrons. The topological polar surface area (TPSA) is 222 Å². The van der Waals surface area contributed by atoms with Gasteiger partial charge >= 0.3 is 0 Å². The van der Waals surface area contributed by atoms with Crippen LogP contribution in [0.4, 0.5) is 0 Å². The van der Waals surface area contributed by atoms with Crippen molar-refractivity contribution in [3.05, 3.63) is 24.3 Å². The number of methoxy groups -OCH3 is 1. The third-order valence-electron chi connectivity index (χ3n) is 6.81. The Morgan fingerprint density at radius 2 is 1.71 bits per heavy atom. The Bertz CT molecular complexity index is 988. The monoisotopic (exact) mass is 603 g/mol. The molecule has 9 N–H and O–H groups in total. The van der Waals surface area contributed by atoms with Crippen molar-refractivity contribution in [3.8, 4) is 5.75 Å². The smallest absolute Gasteiger partial charge is 0.252 e. The summed E-state index contributed by atoms with van der Waals surface area (Å²) in [5, 5.41) is 57.4. The van der Waals surface area contributed by atoms with Gasteiger partial charge in [-0.3, -0.25) is 9.59 Å². The summed E-state index contributed by atoms with van der Waals surface area (Å²) in [5.74, 6) is -1.27. The molecule has 0 aliphatic carbocycles. The lowest BCUT2D eigenvalue weighted by Gasteiger charge is -2.45. The molecule has 1 aromatic carbocycles. The van der Waals surface area contributed by atoms with E-state index < -0.39 is 84.8 Å². The minimum Gasteiger partial charge on any atom is -0.497 e. The molecule has 0 aromatic heterocycles. The number of nitrogens with one attached hydrogen (secondary N) is 2. The Kier molecular flexibility index (Phi) is 12.6. The zero-order valence-corrected chi connectivity index (χ0v) is 24.0. The summed E-state index contributed by atoms with van der Waals surface area (Å²) in [7, 11) is 1.53. The quantitative estimate of drug-likeness (QED) is 0.118. The predicted octanol–water partition coefficient (Wildman–Crippen LogP) is -2.34. The van der Waals surface area contributed by atoms with Gasteiger partial charge < -0.3 is 60.8 Å². The number of aliphatic hydroxyl groups is 5. The minimum atomic E-state index is -1.85. The van der Waals surface area contributed by atoms with Gasteiger partial charge in [0.1, 0.15) is 47.8 Å². The van der Waals surface area contributed by atoms with Gasteiger partial charge in [0.15, 0.2) is 12.3 Å². The number of thioether (sulfide) groups is 1. The SMILES string of the molecule is COc1ccc(S[C@@H]2OC(CO)[C@H](O)[C@H](OCCCN)C2NC(=O)C2O[C@@H](NC(=O)C(C)C)C(O)[C@@H](O)[C@H]2O)cc1. The van der Waals surface area contributed by atoms with Gasteiger partial charge in [0.05, 0.1) is 19.8 Å². The number of ether oxygens (including phenoxy) is 4. The lowest BCUT2D eigenvalue weighted by molar-refractivity contribution is -0.229. The summed E-state index contributed by atoms with van der Waals surface area (Å²) >= 11 is 1.19. The van der Waals surface area contributed by atoms with Crippen LogP contribution in [0.3, 0.4) is 0 Å². The third-order valence-corrected chi connectivity index (χ3v) is 7.99. The van der Waals surface area contributed by atoms with Crippen molar-refractivity contribution in [2.45, 2.75) is 85.6 Å². The van der Waals surface area contributed by atoms with E-state index in [4.69, 9.17) is 24.7 Å².